The Morgan fingerprint density at radius 3 is 2.75 bits per heavy atom. The van der Waals surface area contributed by atoms with Gasteiger partial charge in [-0.1, -0.05) is 31.4 Å². The second-order valence-corrected chi connectivity index (χ2v) is 8.67. The summed E-state index contributed by atoms with van der Waals surface area (Å²) in [6.07, 6.45) is 8.65. The molecule has 1 aliphatic carbocycles. The molecule has 0 bridgehead atoms. The van der Waals surface area contributed by atoms with Crippen molar-refractivity contribution in [3.8, 4) is 5.75 Å². The molecule has 152 valence electrons. The van der Waals surface area contributed by atoms with Crippen LogP contribution in [-0.4, -0.2) is 47.7 Å². The molecule has 1 saturated carbocycles. The molecule has 2 atom stereocenters. The van der Waals surface area contributed by atoms with Crippen molar-refractivity contribution in [1.82, 2.24) is 14.8 Å². The van der Waals surface area contributed by atoms with E-state index < -0.39 is 0 Å². The molecule has 1 saturated heterocycles. The van der Waals surface area contributed by atoms with Crippen molar-refractivity contribution >= 4 is 16.8 Å². The van der Waals surface area contributed by atoms with Gasteiger partial charge in [-0.05, 0) is 38.7 Å². The highest BCUT2D eigenvalue weighted by atomic mass is 16.5. The zero-order chi connectivity index (χ0) is 19.7. The third kappa shape index (κ3) is 3.64. The van der Waals surface area contributed by atoms with Crippen LogP contribution in [0.25, 0.3) is 10.9 Å². The Morgan fingerprint density at radius 2 is 2.00 bits per heavy atom. The van der Waals surface area contributed by atoms with Crippen molar-refractivity contribution in [2.24, 2.45) is 5.92 Å². The van der Waals surface area contributed by atoms with Gasteiger partial charge in [-0.15, -0.1) is 0 Å². The minimum Gasteiger partial charge on any atom is -0.495 e. The number of rotatable bonds is 4. The minimum absolute atomic E-state index is 0.140. The maximum Gasteiger partial charge on any atom is 0.256 e. The number of amides is 1. The molecule has 2 aromatic rings. The van der Waals surface area contributed by atoms with Crippen molar-refractivity contribution in [1.29, 1.82) is 0 Å². The van der Waals surface area contributed by atoms with Gasteiger partial charge in [0, 0.05) is 43.3 Å². The Hall–Kier alpha value is -2.01. The molecule has 2 fully saturated rings. The molecule has 0 radical (unpaired) electrons. The average molecular weight is 384 g/mol. The Kier molecular flexibility index (Phi) is 5.63. The number of aromatic nitrogens is 1. The molecule has 2 heterocycles. The lowest BCUT2D eigenvalue weighted by Gasteiger charge is -2.37. The van der Waals surface area contributed by atoms with Gasteiger partial charge in [0.1, 0.15) is 5.75 Å². The van der Waals surface area contributed by atoms with Crippen LogP contribution in [0.4, 0.5) is 0 Å². The Labute approximate surface area is 168 Å². The van der Waals surface area contributed by atoms with Gasteiger partial charge in [0.15, 0.2) is 0 Å². The zero-order valence-electron chi connectivity index (χ0n) is 17.4. The third-order valence-corrected chi connectivity index (χ3v) is 6.52. The Balaban J connectivity index is 1.72. The summed E-state index contributed by atoms with van der Waals surface area (Å²) in [6.45, 7) is 6.83. The van der Waals surface area contributed by atoms with E-state index in [1.165, 1.54) is 32.1 Å². The number of fused-ring (bicyclic) bond motifs is 1. The molecule has 4 rings (SSSR count). The largest absolute Gasteiger partial charge is 0.495 e. The molecule has 5 nitrogen and oxygen atoms in total. The van der Waals surface area contributed by atoms with Gasteiger partial charge in [-0.2, -0.15) is 0 Å². The van der Waals surface area contributed by atoms with E-state index in [2.05, 4.69) is 36.0 Å². The summed E-state index contributed by atoms with van der Waals surface area (Å²) in [5, 5.41) is 4.48. The Bertz CT molecular complexity index is 838. The molecule has 5 heteroatoms. The first-order valence-electron chi connectivity index (χ1n) is 10.8. The molecular formula is C23H33N3O2. The predicted molar refractivity (Wildman–Crippen MR) is 113 cm³/mol. The second-order valence-electron chi connectivity index (χ2n) is 8.67. The topological polar surface area (TPSA) is 46.5 Å². The van der Waals surface area contributed by atoms with E-state index in [0.29, 0.717) is 12.0 Å². The van der Waals surface area contributed by atoms with Gasteiger partial charge in [0.2, 0.25) is 0 Å². The van der Waals surface area contributed by atoms with Crippen LogP contribution in [0.15, 0.2) is 24.4 Å². The van der Waals surface area contributed by atoms with E-state index in [1.54, 1.807) is 7.11 Å². The highest BCUT2D eigenvalue weighted by Gasteiger charge is 2.30. The monoisotopic (exact) mass is 383 g/mol. The minimum atomic E-state index is 0.140. The summed E-state index contributed by atoms with van der Waals surface area (Å²) >= 11 is 0. The second kappa shape index (κ2) is 8.16. The van der Waals surface area contributed by atoms with Crippen LogP contribution in [0.5, 0.6) is 5.75 Å². The van der Waals surface area contributed by atoms with Gasteiger partial charge in [0.05, 0.1) is 18.2 Å². The third-order valence-electron chi connectivity index (χ3n) is 6.52. The van der Waals surface area contributed by atoms with E-state index in [1.807, 2.05) is 17.0 Å². The van der Waals surface area contributed by atoms with Gasteiger partial charge in [-0.25, -0.2) is 0 Å². The summed E-state index contributed by atoms with van der Waals surface area (Å²) in [7, 11) is 1.72. The maximum atomic E-state index is 13.5. The molecule has 0 spiro atoms. The molecule has 1 aromatic carbocycles. The average Bonchev–Trinajstić information content (AvgIpc) is 3.08. The SMILES string of the molecule is COc1cccc2c(C(=O)N3C[C@H](C)NC[C@H]3C)cn(CC3CCCCC3)c12. The van der Waals surface area contributed by atoms with Crippen LogP contribution >= 0.6 is 0 Å². The van der Waals surface area contributed by atoms with Crippen LogP contribution in [0.3, 0.4) is 0 Å². The van der Waals surface area contributed by atoms with Crippen molar-refractivity contribution in [3.63, 3.8) is 0 Å². The number of carbonyl (C=O) groups excluding carboxylic acids is 1. The van der Waals surface area contributed by atoms with Crippen LogP contribution in [0, 0.1) is 5.92 Å². The number of nitrogens with zero attached hydrogens (tertiary/aromatic N) is 2. The van der Waals surface area contributed by atoms with Gasteiger partial charge < -0.3 is 19.5 Å². The van der Waals surface area contributed by atoms with Crippen molar-refractivity contribution < 1.29 is 9.53 Å². The summed E-state index contributed by atoms with van der Waals surface area (Å²) in [4.78, 5) is 15.5. The fraction of sp³-hybridized carbons (Fsp3) is 0.609. The number of para-hydroxylation sites is 1. The number of carbonyl (C=O) groups is 1. The molecule has 0 unspecified atom stereocenters. The normalized spacial score (nSPS) is 23.9. The lowest BCUT2D eigenvalue weighted by molar-refractivity contribution is 0.0618. The Morgan fingerprint density at radius 1 is 1.21 bits per heavy atom. The zero-order valence-corrected chi connectivity index (χ0v) is 17.4. The highest BCUT2D eigenvalue weighted by Crippen LogP contribution is 2.34. The molecule has 1 amide bonds. The highest BCUT2D eigenvalue weighted by molar-refractivity contribution is 6.08. The lowest BCUT2D eigenvalue weighted by Crippen LogP contribution is -2.56. The van der Waals surface area contributed by atoms with Crippen LogP contribution in [0.1, 0.15) is 56.3 Å². The predicted octanol–water partition coefficient (Wildman–Crippen LogP) is 4.05. The number of methoxy groups -OCH3 is 1. The molecular weight excluding hydrogens is 350 g/mol. The van der Waals surface area contributed by atoms with E-state index in [4.69, 9.17) is 4.74 Å². The van der Waals surface area contributed by atoms with Crippen molar-refractivity contribution in [3.05, 3.63) is 30.0 Å². The van der Waals surface area contributed by atoms with Crippen molar-refractivity contribution in [2.45, 2.75) is 64.6 Å². The van der Waals surface area contributed by atoms with Gasteiger partial charge in [0.25, 0.3) is 5.91 Å². The first-order valence-corrected chi connectivity index (χ1v) is 10.8. The van der Waals surface area contributed by atoms with E-state index >= 15 is 0 Å². The van der Waals surface area contributed by atoms with Crippen LogP contribution in [0.2, 0.25) is 0 Å². The summed E-state index contributed by atoms with van der Waals surface area (Å²) in [5.41, 5.74) is 1.88. The quantitative estimate of drug-likeness (QED) is 0.866. The van der Waals surface area contributed by atoms with Crippen LogP contribution < -0.4 is 10.1 Å². The smallest absolute Gasteiger partial charge is 0.256 e. The fourth-order valence-corrected chi connectivity index (χ4v) is 4.91. The van der Waals surface area contributed by atoms with Crippen molar-refractivity contribution in [2.75, 3.05) is 20.2 Å². The van der Waals surface area contributed by atoms with Gasteiger partial charge in [-0.3, -0.25) is 4.79 Å². The molecule has 1 aliphatic heterocycles. The number of ether oxygens (including phenoxy) is 1. The molecule has 1 N–H and O–H groups in total. The number of piperazine rings is 1. The van der Waals surface area contributed by atoms with E-state index in [0.717, 1.165) is 41.9 Å². The van der Waals surface area contributed by atoms with E-state index in [9.17, 15) is 4.79 Å². The summed E-state index contributed by atoms with van der Waals surface area (Å²) in [5.74, 6) is 1.69. The standard InChI is InChI=1S/C23H33N3O2/c1-16-13-26(17(2)12-24-16)23(27)20-15-25(14-18-8-5-4-6-9-18)22-19(20)10-7-11-21(22)28-3/h7,10-11,15-18,24H,4-6,8-9,12-14H2,1-3H3/t16-,17+/m0/s1. The number of hydrogen-bond donors (Lipinski definition) is 1. The first kappa shape index (κ1) is 19.3. The molecule has 1 aromatic heterocycles. The molecule has 2 aliphatic rings. The molecule has 28 heavy (non-hydrogen) atoms. The van der Waals surface area contributed by atoms with E-state index in [-0.39, 0.29) is 11.9 Å². The van der Waals surface area contributed by atoms with Crippen LogP contribution in [-0.2, 0) is 6.54 Å². The fourth-order valence-electron chi connectivity index (χ4n) is 4.91. The number of hydrogen-bond acceptors (Lipinski definition) is 3. The summed E-state index contributed by atoms with van der Waals surface area (Å²) in [6, 6.07) is 6.59. The van der Waals surface area contributed by atoms with Gasteiger partial charge >= 0.3 is 0 Å². The summed E-state index contributed by atoms with van der Waals surface area (Å²) < 4.78 is 7.96. The maximum absolute atomic E-state index is 13.5. The number of benzene rings is 1. The first-order chi connectivity index (χ1) is 13.6. The lowest BCUT2D eigenvalue weighted by atomic mass is 9.89. The number of nitrogens with one attached hydrogen (secondary N) is 1.